The summed E-state index contributed by atoms with van der Waals surface area (Å²) in [6.07, 6.45) is -5.77. The SMILES string of the molecule is OC[C@H](O)[C@H](O)[C@@H](O)[C@H](O)/C=N\Nc1nc(N2CCOCC2)nc(N2CCOCC2)n1. The highest BCUT2D eigenvalue weighted by atomic mass is 16.5. The van der Waals surface area contributed by atoms with Crippen molar-refractivity contribution in [3.63, 3.8) is 0 Å². The fourth-order valence-electron chi connectivity index (χ4n) is 3.01. The zero-order chi connectivity index (χ0) is 22.2. The van der Waals surface area contributed by atoms with Crippen molar-refractivity contribution < 1.29 is 35.0 Å². The van der Waals surface area contributed by atoms with Gasteiger partial charge in [0.2, 0.25) is 17.8 Å². The molecule has 1 aromatic rings. The van der Waals surface area contributed by atoms with Gasteiger partial charge < -0.3 is 44.8 Å². The standard InChI is InChI=1S/C17H29N7O7/c25-10-12(27)14(29)13(28)11(26)9-18-22-15-19-16(23-1-5-30-6-2-23)21-17(20-15)24-3-7-31-8-4-24/h9,11-14,25-29H,1-8,10H2,(H,19,20,21,22)/b18-9-/t11-,12+,13+,14+/m1/s1. The van der Waals surface area contributed by atoms with Crippen LogP contribution >= 0.6 is 0 Å². The van der Waals surface area contributed by atoms with E-state index in [2.05, 4.69) is 25.5 Å². The molecule has 31 heavy (non-hydrogen) atoms. The number of aromatic nitrogens is 3. The van der Waals surface area contributed by atoms with Crippen molar-refractivity contribution in [3.05, 3.63) is 0 Å². The number of hydrogen-bond acceptors (Lipinski definition) is 14. The van der Waals surface area contributed by atoms with Gasteiger partial charge in [0, 0.05) is 26.2 Å². The first-order valence-corrected chi connectivity index (χ1v) is 10.0. The molecule has 14 nitrogen and oxygen atoms in total. The molecular weight excluding hydrogens is 414 g/mol. The molecule has 2 fully saturated rings. The summed E-state index contributed by atoms with van der Waals surface area (Å²) < 4.78 is 10.7. The van der Waals surface area contributed by atoms with Crippen molar-refractivity contribution in [2.75, 3.05) is 74.4 Å². The Bertz CT molecular complexity index is 680. The Morgan fingerprint density at radius 3 is 1.87 bits per heavy atom. The minimum absolute atomic E-state index is 0.131. The Labute approximate surface area is 178 Å². The van der Waals surface area contributed by atoms with Crippen LogP contribution in [0.15, 0.2) is 5.10 Å². The average molecular weight is 443 g/mol. The van der Waals surface area contributed by atoms with E-state index >= 15 is 0 Å². The lowest BCUT2D eigenvalue weighted by Crippen LogP contribution is -2.46. The smallest absolute Gasteiger partial charge is 0.250 e. The maximum atomic E-state index is 9.94. The third kappa shape index (κ3) is 6.39. The van der Waals surface area contributed by atoms with Gasteiger partial charge >= 0.3 is 0 Å². The van der Waals surface area contributed by atoms with Gasteiger partial charge in [-0.05, 0) is 0 Å². The first kappa shape index (κ1) is 23.5. The van der Waals surface area contributed by atoms with Crippen LogP contribution in [0, 0.1) is 0 Å². The number of aliphatic hydroxyl groups excluding tert-OH is 5. The van der Waals surface area contributed by atoms with Crippen molar-refractivity contribution in [3.8, 4) is 0 Å². The highest BCUT2D eigenvalue weighted by Gasteiger charge is 2.29. The van der Waals surface area contributed by atoms with Crippen molar-refractivity contribution >= 4 is 24.1 Å². The van der Waals surface area contributed by atoms with Crippen LogP contribution in [0.4, 0.5) is 17.8 Å². The number of rotatable bonds is 9. The maximum absolute atomic E-state index is 9.94. The van der Waals surface area contributed by atoms with Gasteiger partial charge in [-0.25, -0.2) is 5.43 Å². The largest absolute Gasteiger partial charge is 0.394 e. The topological polar surface area (TPSA) is 189 Å². The molecule has 3 heterocycles. The Balaban J connectivity index is 1.72. The first-order chi connectivity index (χ1) is 15.0. The second kappa shape index (κ2) is 11.4. The predicted octanol–water partition coefficient (Wildman–Crippen LogP) is -3.62. The average Bonchev–Trinajstić information content (AvgIpc) is 2.83. The van der Waals surface area contributed by atoms with E-state index in [1.807, 2.05) is 9.80 Å². The first-order valence-electron chi connectivity index (χ1n) is 10.0. The highest BCUT2D eigenvalue weighted by Crippen LogP contribution is 2.18. The van der Waals surface area contributed by atoms with Crippen molar-refractivity contribution in [2.24, 2.45) is 5.10 Å². The summed E-state index contributed by atoms with van der Waals surface area (Å²) in [4.78, 5) is 17.2. The van der Waals surface area contributed by atoms with E-state index in [0.29, 0.717) is 64.5 Å². The predicted molar refractivity (Wildman–Crippen MR) is 109 cm³/mol. The Kier molecular flexibility index (Phi) is 8.65. The van der Waals surface area contributed by atoms with Gasteiger partial charge in [-0.2, -0.15) is 20.1 Å². The molecule has 1 aromatic heterocycles. The number of nitrogens with one attached hydrogen (secondary N) is 1. The van der Waals surface area contributed by atoms with E-state index in [4.69, 9.17) is 14.6 Å². The molecular formula is C17H29N7O7. The summed E-state index contributed by atoms with van der Waals surface area (Å²) in [5.74, 6) is 1.05. The van der Waals surface area contributed by atoms with Crippen molar-refractivity contribution in [2.45, 2.75) is 24.4 Å². The normalized spacial score (nSPS) is 21.7. The third-order valence-electron chi connectivity index (χ3n) is 4.87. The van der Waals surface area contributed by atoms with Crippen LogP contribution in [-0.4, -0.2) is 130 Å². The molecule has 2 saturated heterocycles. The van der Waals surface area contributed by atoms with Gasteiger partial charge in [-0.3, -0.25) is 0 Å². The lowest BCUT2D eigenvalue weighted by atomic mass is 10.0. The van der Waals surface area contributed by atoms with Crippen molar-refractivity contribution in [1.29, 1.82) is 0 Å². The zero-order valence-corrected chi connectivity index (χ0v) is 17.0. The summed E-state index contributed by atoms with van der Waals surface area (Å²) >= 11 is 0. The molecule has 0 radical (unpaired) electrons. The molecule has 0 bridgehead atoms. The maximum Gasteiger partial charge on any atom is 0.250 e. The van der Waals surface area contributed by atoms with Crippen LogP contribution in [0.2, 0.25) is 0 Å². The highest BCUT2D eigenvalue weighted by molar-refractivity contribution is 5.64. The van der Waals surface area contributed by atoms with Crippen LogP contribution in [0.25, 0.3) is 0 Å². The van der Waals surface area contributed by atoms with Gasteiger partial charge in [0.05, 0.1) is 39.2 Å². The Morgan fingerprint density at radius 1 is 0.871 bits per heavy atom. The molecule has 14 heteroatoms. The van der Waals surface area contributed by atoms with Crippen molar-refractivity contribution in [1.82, 2.24) is 15.0 Å². The van der Waals surface area contributed by atoms with E-state index in [-0.39, 0.29) is 5.95 Å². The van der Waals surface area contributed by atoms with Crippen LogP contribution < -0.4 is 15.2 Å². The summed E-state index contributed by atoms with van der Waals surface area (Å²) in [5.41, 5.74) is 2.60. The quantitative estimate of drug-likeness (QED) is 0.162. The summed E-state index contributed by atoms with van der Waals surface area (Å²) in [6, 6.07) is 0. The molecule has 2 aliphatic rings. The number of hydrogen-bond donors (Lipinski definition) is 6. The monoisotopic (exact) mass is 443 g/mol. The van der Waals surface area contributed by atoms with Gasteiger partial charge in [0.15, 0.2) is 0 Å². The molecule has 0 aromatic carbocycles. The fraction of sp³-hybridized carbons (Fsp3) is 0.765. The molecule has 6 N–H and O–H groups in total. The van der Waals surface area contributed by atoms with E-state index in [1.165, 1.54) is 0 Å². The lowest BCUT2D eigenvalue weighted by Gasteiger charge is -2.30. The molecule has 174 valence electrons. The Morgan fingerprint density at radius 2 is 1.39 bits per heavy atom. The third-order valence-corrected chi connectivity index (χ3v) is 4.87. The minimum atomic E-state index is -1.75. The molecule has 0 unspecified atom stereocenters. The summed E-state index contributed by atoms with van der Waals surface area (Å²) in [5, 5.41) is 51.5. The molecule has 0 spiro atoms. The number of ether oxygens (including phenoxy) is 2. The molecule has 0 amide bonds. The second-order valence-electron chi connectivity index (χ2n) is 7.07. The van der Waals surface area contributed by atoms with Crippen LogP contribution in [0.1, 0.15) is 0 Å². The van der Waals surface area contributed by atoms with Gasteiger partial charge in [-0.15, -0.1) is 0 Å². The molecule has 2 aliphatic heterocycles. The van der Waals surface area contributed by atoms with E-state index in [0.717, 1.165) is 6.21 Å². The zero-order valence-electron chi connectivity index (χ0n) is 17.0. The fourth-order valence-corrected chi connectivity index (χ4v) is 3.01. The minimum Gasteiger partial charge on any atom is -0.394 e. The van der Waals surface area contributed by atoms with Gasteiger partial charge in [0.25, 0.3) is 0 Å². The van der Waals surface area contributed by atoms with E-state index in [1.54, 1.807) is 0 Å². The summed E-state index contributed by atoms with van der Waals surface area (Å²) in [7, 11) is 0. The van der Waals surface area contributed by atoms with Crippen LogP contribution in [0.5, 0.6) is 0 Å². The molecule has 4 atom stereocenters. The second-order valence-corrected chi connectivity index (χ2v) is 7.07. The number of nitrogens with zero attached hydrogens (tertiary/aromatic N) is 6. The number of aliphatic hydroxyl groups is 5. The van der Waals surface area contributed by atoms with Crippen LogP contribution in [0.3, 0.4) is 0 Å². The van der Waals surface area contributed by atoms with Gasteiger partial charge in [-0.1, -0.05) is 0 Å². The summed E-state index contributed by atoms with van der Waals surface area (Å²) in [6.45, 7) is 4.00. The molecule has 0 aliphatic carbocycles. The van der Waals surface area contributed by atoms with Crippen LogP contribution in [-0.2, 0) is 9.47 Å². The lowest BCUT2D eigenvalue weighted by molar-refractivity contribution is -0.0999. The number of hydrazone groups is 1. The van der Waals surface area contributed by atoms with E-state index < -0.39 is 31.0 Å². The molecule has 0 saturated carbocycles. The Hall–Kier alpha value is -2.20. The van der Waals surface area contributed by atoms with Gasteiger partial charge in [0.1, 0.15) is 24.4 Å². The number of anilines is 3. The molecule has 3 rings (SSSR count). The van der Waals surface area contributed by atoms with E-state index in [9.17, 15) is 20.4 Å². The number of morpholine rings is 2.